The molecule has 1 spiro atoms. The first kappa shape index (κ1) is 17.6. The van der Waals surface area contributed by atoms with Gasteiger partial charge in [0.25, 0.3) is 0 Å². The molecule has 26 heavy (non-hydrogen) atoms. The average molecular weight is 356 g/mol. The maximum absolute atomic E-state index is 9.47. The number of likely N-dealkylation sites (tertiary alicyclic amines) is 2. The Hall–Kier alpha value is -1.76. The van der Waals surface area contributed by atoms with Crippen molar-refractivity contribution in [2.45, 2.75) is 38.8 Å². The zero-order valence-electron chi connectivity index (χ0n) is 15.5. The Morgan fingerprint density at radius 2 is 1.96 bits per heavy atom. The third kappa shape index (κ3) is 3.68. The molecule has 0 aliphatic carbocycles. The van der Waals surface area contributed by atoms with Gasteiger partial charge in [-0.3, -0.25) is 9.80 Å². The van der Waals surface area contributed by atoms with Gasteiger partial charge in [0.15, 0.2) is 0 Å². The van der Waals surface area contributed by atoms with Crippen molar-refractivity contribution in [3.63, 3.8) is 0 Å². The van der Waals surface area contributed by atoms with Crippen LogP contribution in [0.25, 0.3) is 0 Å². The minimum Gasteiger partial charge on any atom is -0.424 e. The molecule has 2 fully saturated rings. The minimum absolute atomic E-state index is 0.143. The second-order valence-electron chi connectivity index (χ2n) is 7.84. The molecule has 140 valence electrons. The summed E-state index contributed by atoms with van der Waals surface area (Å²) in [5.41, 5.74) is 1.69. The normalized spacial score (nSPS) is 23.7. The average Bonchev–Trinajstić information content (AvgIpc) is 3.23. The van der Waals surface area contributed by atoms with Gasteiger partial charge in [-0.05, 0) is 43.3 Å². The number of aliphatic hydroxyl groups excluding tert-OH is 1. The number of hydrogen-bond acceptors (Lipinski definition) is 6. The second-order valence-corrected chi connectivity index (χ2v) is 7.84. The van der Waals surface area contributed by atoms with E-state index < -0.39 is 0 Å². The topological polar surface area (TPSA) is 65.6 Å². The molecule has 6 nitrogen and oxygen atoms in total. The Labute approximate surface area is 154 Å². The quantitative estimate of drug-likeness (QED) is 0.887. The molecule has 1 aromatic heterocycles. The zero-order valence-corrected chi connectivity index (χ0v) is 15.5. The van der Waals surface area contributed by atoms with Crippen LogP contribution in [0.4, 0.5) is 0 Å². The van der Waals surface area contributed by atoms with E-state index in [-0.39, 0.29) is 12.6 Å². The molecule has 0 saturated carbocycles. The van der Waals surface area contributed by atoms with E-state index in [1.807, 2.05) is 6.92 Å². The van der Waals surface area contributed by atoms with Crippen LogP contribution in [-0.4, -0.2) is 57.9 Å². The van der Waals surface area contributed by atoms with E-state index in [9.17, 15) is 5.11 Å². The van der Waals surface area contributed by atoms with Crippen LogP contribution in [0.1, 0.15) is 42.6 Å². The number of rotatable bonds is 5. The molecule has 2 aliphatic rings. The third-order valence-corrected chi connectivity index (χ3v) is 5.99. The van der Waals surface area contributed by atoms with E-state index in [1.165, 1.54) is 18.4 Å². The summed E-state index contributed by atoms with van der Waals surface area (Å²) in [4.78, 5) is 4.89. The molecule has 3 heterocycles. The number of aliphatic hydroxyl groups is 1. The lowest BCUT2D eigenvalue weighted by Crippen LogP contribution is -2.41. The Morgan fingerprint density at radius 3 is 2.62 bits per heavy atom. The van der Waals surface area contributed by atoms with Crippen molar-refractivity contribution in [3.8, 4) is 0 Å². The summed E-state index contributed by atoms with van der Waals surface area (Å²) in [6.45, 7) is 6.96. The van der Waals surface area contributed by atoms with Gasteiger partial charge >= 0.3 is 0 Å². The van der Waals surface area contributed by atoms with Gasteiger partial charge in [0.1, 0.15) is 0 Å². The molecule has 2 aromatic rings. The molecule has 0 amide bonds. The monoisotopic (exact) mass is 356 g/mol. The van der Waals surface area contributed by atoms with Crippen molar-refractivity contribution >= 4 is 0 Å². The second kappa shape index (κ2) is 7.47. The zero-order chi connectivity index (χ0) is 18.0. The van der Waals surface area contributed by atoms with Crippen LogP contribution in [0, 0.1) is 12.3 Å². The molecule has 1 unspecified atom stereocenters. The number of aryl methyl sites for hydroxylation is 1. The first-order chi connectivity index (χ1) is 12.7. The summed E-state index contributed by atoms with van der Waals surface area (Å²) in [5.74, 6) is 1.32. The van der Waals surface area contributed by atoms with Gasteiger partial charge in [0.2, 0.25) is 11.8 Å². The number of aromatic nitrogens is 2. The number of β-amino-alcohol motifs (C(OH)–C–C–N with tert-alkyl or cyclic N) is 1. The first-order valence-electron chi connectivity index (χ1n) is 9.59. The molecule has 2 aliphatic heterocycles. The first-order valence-corrected chi connectivity index (χ1v) is 9.59. The molecule has 6 heteroatoms. The number of piperidine rings is 1. The van der Waals surface area contributed by atoms with E-state index >= 15 is 0 Å². The standard InChI is InChI=1S/C20H28N4O2/c1-16-21-22-19(26-16)18-13-20(15-24(18)11-12-25)7-9-23(10-8-20)14-17-5-3-2-4-6-17/h2-6,18,25H,7-15H2,1H3. The molecular weight excluding hydrogens is 328 g/mol. The van der Waals surface area contributed by atoms with Crippen LogP contribution >= 0.6 is 0 Å². The van der Waals surface area contributed by atoms with Crippen molar-refractivity contribution in [1.29, 1.82) is 0 Å². The fourth-order valence-electron chi connectivity index (χ4n) is 4.59. The summed E-state index contributed by atoms with van der Waals surface area (Å²) >= 11 is 0. The van der Waals surface area contributed by atoms with Crippen LogP contribution in [-0.2, 0) is 6.54 Å². The molecule has 0 radical (unpaired) electrons. The summed E-state index contributed by atoms with van der Waals surface area (Å²) in [5, 5.41) is 17.7. The molecule has 4 rings (SSSR count). The molecule has 2 saturated heterocycles. The minimum atomic E-state index is 0.143. The van der Waals surface area contributed by atoms with Crippen molar-refractivity contribution in [2.75, 3.05) is 32.8 Å². The lowest BCUT2D eigenvalue weighted by molar-refractivity contribution is 0.0993. The van der Waals surface area contributed by atoms with E-state index in [1.54, 1.807) is 0 Å². The highest BCUT2D eigenvalue weighted by molar-refractivity contribution is 5.14. The smallest absolute Gasteiger partial charge is 0.233 e. The molecule has 1 N–H and O–H groups in total. The van der Waals surface area contributed by atoms with Gasteiger partial charge in [-0.25, -0.2) is 0 Å². The van der Waals surface area contributed by atoms with Gasteiger partial charge in [-0.2, -0.15) is 0 Å². The largest absolute Gasteiger partial charge is 0.424 e. The Kier molecular flexibility index (Phi) is 5.07. The number of hydrogen-bond donors (Lipinski definition) is 1. The van der Waals surface area contributed by atoms with E-state index in [0.29, 0.717) is 23.7 Å². The van der Waals surface area contributed by atoms with Crippen LogP contribution in [0.15, 0.2) is 34.7 Å². The SMILES string of the molecule is Cc1nnc(C2CC3(CCN(Cc4ccccc4)CC3)CN2CCO)o1. The molecule has 1 atom stereocenters. The lowest BCUT2D eigenvalue weighted by Gasteiger charge is -2.39. The molecular formula is C20H28N4O2. The summed E-state index contributed by atoms with van der Waals surface area (Å²) in [7, 11) is 0. The summed E-state index contributed by atoms with van der Waals surface area (Å²) in [6.07, 6.45) is 3.42. The van der Waals surface area contributed by atoms with Crippen molar-refractivity contribution in [3.05, 3.63) is 47.7 Å². The maximum Gasteiger partial charge on any atom is 0.233 e. The van der Waals surface area contributed by atoms with Crippen LogP contribution in [0.3, 0.4) is 0 Å². The van der Waals surface area contributed by atoms with Gasteiger partial charge in [-0.1, -0.05) is 30.3 Å². The van der Waals surface area contributed by atoms with Crippen LogP contribution < -0.4 is 0 Å². The maximum atomic E-state index is 9.47. The van der Waals surface area contributed by atoms with Gasteiger partial charge < -0.3 is 9.52 Å². The molecule has 1 aromatic carbocycles. The lowest BCUT2D eigenvalue weighted by atomic mass is 9.76. The Bertz CT molecular complexity index is 710. The van der Waals surface area contributed by atoms with Crippen molar-refractivity contribution in [1.82, 2.24) is 20.0 Å². The number of nitrogens with zero attached hydrogens (tertiary/aromatic N) is 4. The predicted molar refractivity (Wildman–Crippen MR) is 98.4 cm³/mol. The fraction of sp³-hybridized carbons (Fsp3) is 0.600. The Balaban J connectivity index is 1.41. The highest BCUT2D eigenvalue weighted by atomic mass is 16.4. The van der Waals surface area contributed by atoms with E-state index in [4.69, 9.17) is 4.42 Å². The van der Waals surface area contributed by atoms with Crippen molar-refractivity contribution in [2.24, 2.45) is 5.41 Å². The van der Waals surface area contributed by atoms with Crippen molar-refractivity contribution < 1.29 is 9.52 Å². The summed E-state index contributed by atoms with van der Waals surface area (Å²) in [6, 6.07) is 10.9. The predicted octanol–water partition coefficient (Wildman–Crippen LogP) is 2.40. The van der Waals surface area contributed by atoms with Gasteiger partial charge in [0.05, 0.1) is 12.6 Å². The van der Waals surface area contributed by atoms with Crippen LogP contribution in [0.2, 0.25) is 0 Å². The van der Waals surface area contributed by atoms with Crippen LogP contribution in [0.5, 0.6) is 0 Å². The summed E-state index contributed by atoms with van der Waals surface area (Å²) < 4.78 is 5.72. The van der Waals surface area contributed by atoms with E-state index in [2.05, 4.69) is 50.3 Å². The van der Waals surface area contributed by atoms with E-state index in [0.717, 1.165) is 32.6 Å². The number of benzene rings is 1. The van der Waals surface area contributed by atoms with Gasteiger partial charge in [0, 0.05) is 26.6 Å². The highest BCUT2D eigenvalue weighted by Crippen LogP contribution is 2.48. The Morgan fingerprint density at radius 1 is 1.19 bits per heavy atom. The van der Waals surface area contributed by atoms with Gasteiger partial charge in [-0.15, -0.1) is 10.2 Å². The molecule has 0 bridgehead atoms. The third-order valence-electron chi connectivity index (χ3n) is 5.99. The highest BCUT2D eigenvalue weighted by Gasteiger charge is 2.47. The fourth-order valence-corrected chi connectivity index (χ4v) is 4.59.